The van der Waals surface area contributed by atoms with E-state index < -0.39 is 4.92 Å². The Kier molecular flexibility index (Phi) is 3.34. The Morgan fingerprint density at radius 1 is 1.22 bits per heavy atom. The van der Waals surface area contributed by atoms with Crippen molar-refractivity contribution in [2.45, 2.75) is 0 Å². The molecular formula is C12H9ClN2O3. The predicted octanol–water partition coefficient (Wildman–Crippen LogP) is 3.62. The van der Waals surface area contributed by atoms with Gasteiger partial charge in [-0.2, -0.15) is 0 Å². The van der Waals surface area contributed by atoms with E-state index in [1.54, 1.807) is 24.3 Å². The van der Waals surface area contributed by atoms with Crippen LogP contribution in [0.1, 0.15) is 0 Å². The molecular weight excluding hydrogens is 256 g/mol. The highest BCUT2D eigenvalue weighted by Crippen LogP contribution is 2.37. The monoisotopic (exact) mass is 264 g/mol. The number of para-hydroxylation sites is 1. The molecule has 2 aromatic carbocycles. The van der Waals surface area contributed by atoms with E-state index in [9.17, 15) is 10.1 Å². The Balaban J connectivity index is 2.42. The number of benzene rings is 2. The first kappa shape index (κ1) is 12.2. The van der Waals surface area contributed by atoms with Crippen LogP contribution in [0.4, 0.5) is 11.4 Å². The molecule has 0 aromatic heterocycles. The SMILES string of the molecule is Nc1cccc(Oc2c(Cl)cccc2[N+](=O)[O-])c1. The molecule has 2 rings (SSSR count). The molecule has 2 N–H and O–H groups in total. The topological polar surface area (TPSA) is 78.4 Å². The van der Waals surface area contributed by atoms with E-state index in [0.717, 1.165) is 0 Å². The molecule has 2 aromatic rings. The Morgan fingerprint density at radius 2 is 1.94 bits per heavy atom. The lowest BCUT2D eigenvalue weighted by Gasteiger charge is -2.08. The van der Waals surface area contributed by atoms with Crippen LogP contribution >= 0.6 is 11.6 Å². The Morgan fingerprint density at radius 3 is 2.61 bits per heavy atom. The minimum atomic E-state index is -0.548. The number of hydrogen-bond acceptors (Lipinski definition) is 4. The molecule has 0 amide bonds. The highest BCUT2D eigenvalue weighted by atomic mass is 35.5. The summed E-state index contributed by atoms with van der Waals surface area (Å²) in [6.07, 6.45) is 0. The number of rotatable bonds is 3. The van der Waals surface area contributed by atoms with Crippen LogP contribution in [0, 0.1) is 10.1 Å². The first-order chi connectivity index (χ1) is 8.58. The van der Waals surface area contributed by atoms with Gasteiger partial charge in [-0.15, -0.1) is 0 Å². The molecule has 0 aliphatic carbocycles. The number of nitrogen functional groups attached to an aromatic ring is 1. The number of nitrogens with two attached hydrogens (primary N) is 1. The summed E-state index contributed by atoms with van der Waals surface area (Å²) in [7, 11) is 0. The first-order valence-corrected chi connectivity index (χ1v) is 5.42. The molecule has 0 heterocycles. The van der Waals surface area contributed by atoms with Gasteiger partial charge in [-0.1, -0.05) is 23.7 Å². The summed E-state index contributed by atoms with van der Waals surface area (Å²) in [6.45, 7) is 0. The maximum Gasteiger partial charge on any atom is 0.313 e. The standard InChI is InChI=1S/C12H9ClN2O3/c13-10-5-2-6-11(15(16)17)12(10)18-9-4-1-3-8(14)7-9/h1-7H,14H2. The largest absolute Gasteiger partial charge is 0.448 e. The lowest BCUT2D eigenvalue weighted by Crippen LogP contribution is -1.94. The summed E-state index contributed by atoms with van der Waals surface area (Å²) in [5.41, 5.74) is 5.91. The van der Waals surface area contributed by atoms with Crippen molar-refractivity contribution >= 4 is 23.0 Å². The Hall–Kier alpha value is -2.27. The van der Waals surface area contributed by atoms with E-state index in [1.807, 2.05) is 0 Å². The number of nitro benzene ring substituents is 1. The lowest BCUT2D eigenvalue weighted by atomic mass is 10.3. The van der Waals surface area contributed by atoms with Gasteiger partial charge >= 0.3 is 5.69 Å². The number of halogens is 1. The van der Waals surface area contributed by atoms with Crippen molar-refractivity contribution < 1.29 is 9.66 Å². The summed E-state index contributed by atoms with van der Waals surface area (Å²) in [5, 5.41) is 11.0. The number of nitro groups is 1. The van der Waals surface area contributed by atoms with Gasteiger partial charge in [0.2, 0.25) is 5.75 Å². The van der Waals surface area contributed by atoms with Gasteiger partial charge in [0.25, 0.3) is 0 Å². The van der Waals surface area contributed by atoms with E-state index >= 15 is 0 Å². The lowest BCUT2D eigenvalue weighted by molar-refractivity contribution is -0.385. The van der Waals surface area contributed by atoms with Crippen molar-refractivity contribution in [2.24, 2.45) is 0 Å². The van der Waals surface area contributed by atoms with Crippen LogP contribution in [0.15, 0.2) is 42.5 Å². The van der Waals surface area contributed by atoms with Crippen LogP contribution in [-0.2, 0) is 0 Å². The molecule has 0 atom stereocenters. The van der Waals surface area contributed by atoms with E-state index in [4.69, 9.17) is 22.1 Å². The van der Waals surface area contributed by atoms with Gasteiger partial charge in [0, 0.05) is 17.8 Å². The minimum Gasteiger partial charge on any atom is -0.448 e. The average Bonchev–Trinajstić information content (AvgIpc) is 2.31. The highest BCUT2D eigenvalue weighted by Gasteiger charge is 2.18. The van der Waals surface area contributed by atoms with Gasteiger partial charge in [0.15, 0.2) is 0 Å². The quantitative estimate of drug-likeness (QED) is 0.522. The maximum atomic E-state index is 10.9. The molecule has 0 saturated carbocycles. The summed E-state index contributed by atoms with van der Waals surface area (Å²) in [4.78, 5) is 10.3. The van der Waals surface area contributed by atoms with Crippen LogP contribution in [0.2, 0.25) is 5.02 Å². The number of nitrogens with zero attached hydrogens (tertiary/aromatic N) is 1. The fourth-order valence-corrected chi connectivity index (χ4v) is 1.65. The van der Waals surface area contributed by atoms with Gasteiger partial charge < -0.3 is 10.5 Å². The molecule has 0 saturated heterocycles. The fourth-order valence-electron chi connectivity index (χ4n) is 1.44. The second kappa shape index (κ2) is 4.93. The predicted molar refractivity (Wildman–Crippen MR) is 69.0 cm³/mol. The van der Waals surface area contributed by atoms with Crippen LogP contribution in [-0.4, -0.2) is 4.92 Å². The third kappa shape index (κ3) is 2.52. The van der Waals surface area contributed by atoms with E-state index in [1.165, 1.54) is 18.2 Å². The van der Waals surface area contributed by atoms with Crippen LogP contribution in [0.5, 0.6) is 11.5 Å². The molecule has 0 bridgehead atoms. The van der Waals surface area contributed by atoms with Crippen LogP contribution in [0.25, 0.3) is 0 Å². The average molecular weight is 265 g/mol. The molecule has 0 spiro atoms. The minimum absolute atomic E-state index is 0.00904. The van der Waals surface area contributed by atoms with Gasteiger partial charge in [-0.05, 0) is 18.2 Å². The highest BCUT2D eigenvalue weighted by molar-refractivity contribution is 6.32. The summed E-state index contributed by atoms with van der Waals surface area (Å²) < 4.78 is 5.43. The molecule has 0 unspecified atom stereocenters. The smallest absolute Gasteiger partial charge is 0.313 e. The zero-order valence-electron chi connectivity index (χ0n) is 9.17. The zero-order chi connectivity index (χ0) is 13.1. The van der Waals surface area contributed by atoms with Crippen molar-refractivity contribution in [3.05, 3.63) is 57.6 Å². The summed E-state index contributed by atoms with van der Waals surface area (Å²) in [5.74, 6) is 0.404. The van der Waals surface area contributed by atoms with Gasteiger partial charge in [0.05, 0.1) is 9.95 Å². The van der Waals surface area contributed by atoms with E-state index in [-0.39, 0.29) is 16.5 Å². The molecule has 6 heteroatoms. The third-order valence-corrected chi connectivity index (χ3v) is 2.52. The molecule has 0 radical (unpaired) electrons. The van der Waals surface area contributed by atoms with Crippen molar-refractivity contribution in [3.63, 3.8) is 0 Å². The van der Waals surface area contributed by atoms with Crippen molar-refractivity contribution in [2.75, 3.05) is 5.73 Å². The molecule has 18 heavy (non-hydrogen) atoms. The third-order valence-electron chi connectivity index (χ3n) is 2.22. The van der Waals surface area contributed by atoms with Crippen molar-refractivity contribution in [1.29, 1.82) is 0 Å². The Labute approximate surface area is 108 Å². The fraction of sp³-hybridized carbons (Fsp3) is 0. The van der Waals surface area contributed by atoms with Crippen molar-refractivity contribution in [1.82, 2.24) is 0 Å². The number of hydrogen-bond donors (Lipinski definition) is 1. The number of anilines is 1. The van der Waals surface area contributed by atoms with Gasteiger partial charge in [0.1, 0.15) is 5.75 Å². The molecule has 0 aliphatic rings. The normalized spacial score (nSPS) is 10.1. The van der Waals surface area contributed by atoms with Crippen LogP contribution in [0.3, 0.4) is 0 Å². The first-order valence-electron chi connectivity index (χ1n) is 5.04. The molecule has 0 aliphatic heterocycles. The molecule has 5 nitrogen and oxygen atoms in total. The summed E-state index contributed by atoms with van der Waals surface area (Å²) >= 11 is 5.90. The second-order valence-electron chi connectivity index (χ2n) is 3.52. The summed E-state index contributed by atoms with van der Waals surface area (Å²) in [6, 6.07) is 10.9. The van der Waals surface area contributed by atoms with E-state index in [0.29, 0.717) is 11.4 Å². The van der Waals surface area contributed by atoms with Crippen molar-refractivity contribution in [3.8, 4) is 11.5 Å². The Bertz CT molecular complexity index is 602. The van der Waals surface area contributed by atoms with E-state index in [2.05, 4.69) is 0 Å². The maximum absolute atomic E-state index is 10.9. The molecule has 0 fully saturated rings. The van der Waals surface area contributed by atoms with Gasteiger partial charge in [-0.3, -0.25) is 10.1 Å². The molecule has 92 valence electrons. The number of ether oxygens (including phenoxy) is 1. The zero-order valence-corrected chi connectivity index (χ0v) is 9.92. The van der Waals surface area contributed by atoms with Crippen LogP contribution < -0.4 is 10.5 Å². The second-order valence-corrected chi connectivity index (χ2v) is 3.93. The van der Waals surface area contributed by atoms with Gasteiger partial charge in [-0.25, -0.2) is 0 Å².